The molecule has 0 radical (unpaired) electrons. The summed E-state index contributed by atoms with van der Waals surface area (Å²) in [6.45, 7) is 1.30. The third kappa shape index (κ3) is 3.96. The molecule has 0 saturated carbocycles. The molecule has 0 fully saturated rings. The van der Waals surface area contributed by atoms with Gasteiger partial charge in [0.2, 0.25) is 0 Å². The van der Waals surface area contributed by atoms with E-state index in [4.69, 9.17) is 39.5 Å². The molecule has 1 heterocycles. The van der Waals surface area contributed by atoms with Gasteiger partial charge in [0.25, 0.3) is 0 Å². The summed E-state index contributed by atoms with van der Waals surface area (Å²) in [5.74, 6) is -0.286. The van der Waals surface area contributed by atoms with Crippen molar-refractivity contribution in [1.29, 1.82) is 0 Å². The van der Waals surface area contributed by atoms with Crippen LogP contribution in [-0.4, -0.2) is 11.0 Å². The molecule has 0 spiro atoms. The van der Waals surface area contributed by atoms with Gasteiger partial charge in [-0.1, -0.05) is 59.1 Å². The molecule has 3 nitrogen and oxygen atoms in total. The molecule has 2 aromatic carbocycles. The molecule has 126 valence electrons. The number of esters is 1. The number of aromatic nitrogens is 1. The normalized spacial score (nSPS) is 11.2. The molecule has 0 amide bonds. The van der Waals surface area contributed by atoms with Crippen molar-refractivity contribution in [3.63, 3.8) is 0 Å². The minimum atomic E-state index is -0.482. The van der Waals surface area contributed by atoms with Gasteiger partial charge in [0, 0.05) is 17.3 Å². The van der Waals surface area contributed by atoms with Crippen LogP contribution in [0.5, 0.6) is 5.75 Å². The van der Waals surface area contributed by atoms with Crippen molar-refractivity contribution in [3.05, 3.63) is 68.8 Å². The van der Waals surface area contributed by atoms with Crippen molar-refractivity contribution >= 4 is 63.8 Å². The smallest absolute Gasteiger partial charge is 0.308 e. The van der Waals surface area contributed by atoms with Crippen LogP contribution < -0.4 is 4.74 Å². The Morgan fingerprint density at radius 2 is 1.76 bits per heavy atom. The number of rotatable bonds is 3. The predicted molar refractivity (Wildman–Crippen MR) is 103 cm³/mol. The van der Waals surface area contributed by atoms with Crippen LogP contribution in [-0.2, 0) is 4.79 Å². The van der Waals surface area contributed by atoms with E-state index in [1.165, 1.54) is 13.0 Å². The number of carbonyl (C=O) groups is 1. The first-order valence-electron chi connectivity index (χ1n) is 7.35. The lowest BCUT2D eigenvalue weighted by Gasteiger charge is -2.10. The minimum Gasteiger partial charge on any atom is -0.423 e. The highest BCUT2D eigenvalue weighted by atomic mass is 35.5. The van der Waals surface area contributed by atoms with E-state index in [0.717, 1.165) is 5.56 Å². The van der Waals surface area contributed by atoms with E-state index in [1.807, 2.05) is 42.5 Å². The Morgan fingerprint density at radius 3 is 2.48 bits per heavy atom. The van der Waals surface area contributed by atoms with Crippen molar-refractivity contribution in [1.82, 2.24) is 4.98 Å². The van der Waals surface area contributed by atoms with E-state index in [9.17, 15) is 4.79 Å². The second-order valence-corrected chi connectivity index (χ2v) is 6.47. The van der Waals surface area contributed by atoms with E-state index in [-0.39, 0.29) is 10.8 Å². The number of ether oxygens (including phenoxy) is 1. The first-order valence-corrected chi connectivity index (χ1v) is 8.49. The Hall–Kier alpha value is -2.07. The SMILES string of the molecule is CC(=O)Oc1c(Cl)cc(Cl)c2ccc(/C=C/c3ccccc3Cl)nc12. The molecule has 0 aliphatic carbocycles. The molecule has 0 bridgehead atoms. The van der Waals surface area contributed by atoms with Crippen LogP contribution in [0, 0.1) is 0 Å². The second-order valence-electron chi connectivity index (χ2n) is 5.25. The molecule has 0 aliphatic rings. The van der Waals surface area contributed by atoms with E-state index < -0.39 is 5.97 Å². The summed E-state index contributed by atoms with van der Waals surface area (Å²) in [7, 11) is 0. The zero-order valence-corrected chi connectivity index (χ0v) is 15.4. The summed E-state index contributed by atoms with van der Waals surface area (Å²) in [4.78, 5) is 15.9. The van der Waals surface area contributed by atoms with Crippen LogP contribution in [0.25, 0.3) is 23.1 Å². The summed E-state index contributed by atoms with van der Waals surface area (Å²) in [6.07, 6.45) is 3.67. The average molecular weight is 393 g/mol. The standard InChI is InChI=1S/C19H12Cl3NO2/c1-11(24)25-19-17(22)10-16(21)14-9-8-13(23-18(14)19)7-6-12-4-2-3-5-15(12)20/h2-10H,1H3/b7-6+. The van der Waals surface area contributed by atoms with Crippen molar-refractivity contribution < 1.29 is 9.53 Å². The van der Waals surface area contributed by atoms with Crippen LogP contribution in [0.2, 0.25) is 15.1 Å². The van der Waals surface area contributed by atoms with Gasteiger partial charge >= 0.3 is 5.97 Å². The monoisotopic (exact) mass is 391 g/mol. The number of benzene rings is 2. The molecule has 25 heavy (non-hydrogen) atoms. The van der Waals surface area contributed by atoms with Crippen LogP contribution in [0.4, 0.5) is 0 Å². The molecule has 1 aromatic heterocycles. The molecule has 3 aromatic rings. The third-order valence-electron chi connectivity index (χ3n) is 3.44. The predicted octanol–water partition coefficient (Wildman–Crippen LogP) is 6.29. The highest BCUT2D eigenvalue weighted by Gasteiger charge is 2.15. The summed E-state index contributed by atoms with van der Waals surface area (Å²) in [5.41, 5.74) is 1.95. The van der Waals surface area contributed by atoms with Gasteiger partial charge in [-0.25, -0.2) is 4.98 Å². The van der Waals surface area contributed by atoms with E-state index in [0.29, 0.717) is 26.6 Å². The average Bonchev–Trinajstić information content (AvgIpc) is 2.57. The number of halogens is 3. The lowest BCUT2D eigenvalue weighted by atomic mass is 10.1. The molecule has 0 atom stereocenters. The lowest BCUT2D eigenvalue weighted by molar-refractivity contribution is -0.131. The Labute approximate surface area is 159 Å². The van der Waals surface area contributed by atoms with Crippen molar-refractivity contribution in [2.75, 3.05) is 0 Å². The van der Waals surface area contributed by atoms with Crippen LogP contribution in [0.3, 0.4) is 0 Å². The zero-order chi connectivity index (χ0) is 18.0. The van der Waals surface area contributed by atoms with Gasteiger partial charge in [-0.15, -0.1) is 0 Å². The zero-order valence-electron chi connectivity index (χ0n) is 13.1. The quantitative estimate of drug-likeness (QED) is 0.388. The van der Waals surface area contributed by atoms with Gasteiger partial charge < -0.3 is 4.74 Å². The maximum absolute atomic E-state index is 11.4. The van der Waals surface area contributed by atoms with Crippen LogP contribution in [0.15, 0.2) is 42.5 Å². The molecule has 0 saturated heterocycles. The summed E-state index contributed by atoms with van der Waals surface area (Å²) in [5, 5.41) is 1.96. The molecule has 0 N–H and O–H groups in total. The first-order chi connectivity index (χ1) is 12.0. The Morgan fingerprint density at radius 1 is 1.00 bits per heavy atom. The number of pyridine rings is 1. The van der Waals surface area contributed by atoms with Crippen molar-refractivity contribution in [2.45, 2.75) is 6.92 Å². The molecular formula is C19H12Cl3NO2. The summed E-state index contributed by atoms with van der Waals surface area (Å²) >= 11 is 18.5. The maximum Gasteiger partial charge on any atom is 0.308 e. The van der Waals surface area contributed by atoms with Gasteiger partial charge in [0.15, 0.2) is 5.75 Å². The third-order valence-corrected chi connectivity index (χ3v) is 4.38. The fourth-order valence-electron chi connectivity index (χ4n) is 2.33. The van der Waals surface area contributed by atoms with E-state index in [2.05, 4.69) is 4.98 Å². The summed E-state index contributed by atoms with van der Waals surface area (Å²) in [6, 6.07) is 12.6. The number of carbonyl (C=O) groups excluding carboxylic acids is 1. The number of nitrogens with zero attached hydrogens (tertiary/aromatic N) is 1. The second kappa shape index (κ2) is 7.44. The van der Waals surface area contributed by atoms with Crippen molar-refractivity contribution in [3.8, 4) is 5.75 Å². The number of hydrogen-bond acceptors (Lipinski definition) is 3. The Kier molecular flexibility index (Phi) is 5.28. The van der Waals surface area contributed by atoms with Crippen LogP contribution in [0.1, 0.15) is 18.2 Å². The lowest BCUT2D eigenvalue weighted by Crippen LogP contribution is -2.03. The van der Waals surface area contributed by atoms with E-state index in [1.54, 1.807) is 6.07 Å². The highest BCUT2D eigenvalue weighted by molar-refractivity contribution is 6.39. The van der Waals surface area contributed by atoms with Gasteiger partial charge in [-0.05, 0) is 35.9 Å². The molecule has 6 heteroatoms. The van der Waals surface area contributed by atoms with Gasteiger partial charge in [0.05, 0.1) is 15.7 Å². The van der Waals surface area contributed by atoms with Crippen molar-refractivity contribution in [2.24, 2.45) is 0 Å². The fraction of sp³-hybridized carbons (Fsp3) is 0.0526. The van der Waals surface area contributed by atoms with Gasteiger partial charge in [-0.3, -0.25) is 4.79 Å². The van der Waals surface area contributed by atoms with Crippen LogP contribution >= 0.6 is 34.8 Å². The highest BCUT2D eigenvalue weighted by Crippen LogP contribution is 2.37. The van der Waals surface area contributed by atoms with E-state index >= 15 is 0 Å². The molecular weight excluding hydrogens is 381 g/mol. The molecule has 0 aliphatic heterocycles. The first kappa shape index (κ1) is 17.7. The minimum absolute atomic E-state index is 0.196. The Balaban J connectivity index is 2.09. The molecule has 3 rings (SSSR count). The topological polar surface area (TPSA) is 39.2 Å². The summed E-state index contributed by atoms with van der Waals surface area (Å²) < 4.78 is 5.21. The molecule has 0 unspecified atom stereocenters. The number of fused-ring (bicyclic) bond motifs is 1. The maximum atomic E-state index is 11.4. The van der Waals surface area contributed by atoms with Gasteiger partial charge in [0.1, 0.15) is 5.52 Å². The van der Waals surface area contributed by atoms with Gasteiger partial charge in [-0.2, -0.15) is 0 Å². The fourth-order valence-corrected chi connectivity index (χ4v) is 3.08. The number of hydrogen-bond donors (Lipinski definition) is 0. The largest absolute Gasteiger partial charge is 0.423 e. The Bertz CT molecular complexity index is 999.